The first-order valence-corrected chi connectivity index (χ1v) is 22.4. The van der Waals surface area contributed by atoms with Crippen LogP contribution < -0.4 is 26.2 Å². The van der Waals surface area contributed by atoms with E-state index >= 15 is 0 Å². The van der Waals surface area contributed by atoms with Crippen molar-refractivity contribution in [3.05, 3.63) is 197 Å². The average molecular weight is 884 g/mol. The van der Waals surface area contributed by atoms with Crippen LogP contribution >= 0.6 is 23.2 Å². The third-order valence-electron chi connectivity index (χ3n) is 13.0. The van der Waals surface area contributed by atoms with Crippen molar-refractivity contribution in [1.82, 2.24) is 0 Å². The molecule has 4 nitrogen and oxygen atoms in total. The van der Waals surface area contributed by atoms with Gasteiger partial charge in [-0.2, -0.15) is 0 Å². The van der Waals surface area contributed by atoms with E-state index in [4.69, 9.17) is 32.0 Å². The third kappa shape index (κ3) is 5.72. The van der Waals surface area contributed by atoms with Gasteiger partial charge >= 0.3 is 0 Å². The number of para-hydroxylation sites is 2. The monoisotopic (exact) mass is 882 g/mol. The lowest BCUT2D eigenvalue weighted by atomic mass is 9.33. The first-order chi connectivity index (χ1) is 34.2. The Labute approximate surface area is 395 Å². The van der Waals surface area contributed by atoms with Crippen molar-refractivity contribution in [1.29, 1.82) is 0 Å². The summed E-state index contributed by atoms with van der Waals surface area (Å²) in [6.45, 7) is 5.34. The minimum absolute atomic E-state index is 0.191. The van der Waals surface area contributed by atoms with Gasteiger partial charge in [0.1, 0.15) is 11.2 Å². The van der Waals surface area contributed by atoms with Gasteiger partial charge in [0.05, 0.1) is 19.6 Å². The number of hydrogen-bond donors (Lipinski definition) is 0. The summed E-state index contributed by atoms with van der Waals surface area (Å²) in [5, 5.41) is 3.03. The van der Waals surface area contributed by atoms with Crippen molar-refractivity contribution in [2.45, 2.75) is 26.2 Å². The Morgan fingerprint density at radius 1 is 0.492 bits per heavy atom. The molecule has 0 radical (unpaired) electrons. The fourth-order valence-corrected chi connectivity index (χ4v) is 10.4. The minimum Gasteiger partial charge on any atom is -0.454 e. The molecule has 0 atom stereocenters. The maximum Gasteiger partial charge on any atom is 0.252 e. The Morgan fingerprint density at radius 2 is 0.923 bits per heavy atom. The zero-order chi connectivity index (χ0) is 48.9. The molecule has 0 N–H and O–H groups in total. The molecular formula is C58H39BCl2N2O2. The van der Waals surface area contributed by atoms with E-state index in [2.05, 4.69) is 57.2 Å². The Kier molecular flexibility index (Phi) is 7.08. The van der Waals surface area contributed by atoms with Crippen LogP contribution in [0, 0.1) is 0 Å². The van der Waals surface area contributed by atoms with Gasteiger partial charge in [-0.1, -0.05) is 165 Å². The average Bonchev–Trinajstić information content (AvgIpc) is 3.97. The molecule has 0 saturated carbocycles. The number of halogens is 2. The predicted octanol–water partition coefficient (Wildman–Crippen LogP) is 15.5. The maximum absolute atomic E-state index is 10.1. The number of hydrogen-bond acceptors (Lipinski definition) is 4. The summed E-state index contributed by atoms with van der Waals surface area (Å²) in [4.78, 5) is 3.98. The van der Waals surface area contributed by atoms with Gasteiger partial charge in [-0.25, -0.2) is 0 Å². The predicted molar refractivity (Wildman–Crippen MR) is 275 cm³/mol. The van der Waals surface area contributed by atoms with Gasteiger partial charge in [-0.3, -0.25) is 0 Å². The van der Waals surface area contributed by atoms with Crippen LogP contribution in [0.15, 0.2) is 191 Å². The molecule has 2 aliphatic rings. The molecule has 4 heterocycles. The summed E-state index contributed by atoms with van der Waals surface area (Å²) in [5.74, 6) is 0. The van der Waals surface area contributed by atoms with Crippen LogP contribution in [0.25, 0.3) is 66.1 Å². The lowest BCUT2D eigenvalue weighted by Gasteiger charge is -2.45. The van der Waals surface area contributed by atoms with Crippen LogP contribution in [0.4, 0.5) is 34.1 Å². The largest absolute Gasteiger partial charge is 0.454 e. The first kappa shape index (κ1) is 32.5. The van der Waals surface area contributed by atoms with Gasteiger partial charge in [-0.15, -0.1) is 0 Å². The standard InChI is InChI=1S/C58H39BCl2N2O2/c1-58(2,3)36-30-49-53-50(31-36)63(55-40(35-16-8-5-9-17-35)25-27-44-42-19-11-13-21-52(42)65-57(44)55)48-33-38(61)23-29-46(48)59(53)45-28-22-37(60)32-47(45)62(49)54-39(34-14-6-4-7-15-34)24-26-43-41-18-10-12-20-51(41)64-56(43)54/h4-33H,1-3H3/i22D,23D,28D,29D,32D,33D. The van der Waals surface area contributed by atoms with Gasteiger partial charge in [-0.05, 0) is 99.1 Å². The van der Waals surface area contributed by atoms with Crippen LogP contribution in [0.2, 0.25) is 10.0 Å². The Bertz CT molecular complexity index is 3860. The maximum atomic E-state index is 10.1. The minimum atomic E-state index is -1.06. The van der Waals surface area contributed by atoms with Gasteiger partial charge < -0.3 is 18.6 Å². The van der Waals surface area contributed by atoms with Gasteiger partial charge in [0.15, 0.2) is 11.2 Å². The van der Waals surface area contributed by atoms with Crippen molar-refractivity contribution in [2.24, 2.45) is 0 Å². The summed E-state index contributed by atoms with van der Waals surface area (Å²) in [6, 6.07) is 46.5. The molecule has 9 aromatic carbocycles. The van der Waals surface area contributed by atoms with E-state index in [0.717, 1.165) is 49.4 Å². The summed E-state index contributed by atoms with van der Waals surface area (Å²) >= 11 is 14.1. The van der Waals surface area contributed by atoms with Crippen molar-refractivity contribution in [3.8, 4) is 22.3 Å². The quantitative estimate of drug-likeness (QED) is 0.165. The normalized spacial score (nSPS) is 14.5. The Balaban J connectivity index is 1.28. The summed E-state index contributed by atoms with van der Waals surface area (Å²) < 4.78 is 72.8. The summed E-state index contributed by atoms with van der Waals surface area (Å²) in [6.07, 6.45) is 0. The van der Waals surface area contributed by atoms with Crippen molar-refractivity contribution < 1.29 is 17.1 Å². The highest BCUT2D eigenvalue weighted by Gasteiger charge is 2.46. The van der Waals surface area contributed by atoms with Gasteiger partial charge in [0.2, 0.25) is 0 Å². The van der Waals surface area contributed by atoms with Crippen LogP contribution in [0.1, 0.15) is 34.6 Å². The molecule has 7 heteroatoms. The molecule has 0 fully saturated rings. The highest BCUT2D eigenvalue weighted by Crippen LogP contribution is 2.54. The second-order valence-corrected chi connectivity index (χ2v) is 18.5. The zero-order valence-electron chi connectivity index (χ0n) is 41.4. The number of rotatable bonds is 4. The topological polar surface area (TPSA) is 32.8 Å². The van der Waals surface area contributed by atoms with E-state index in [9.17, 15) is 8.22 Å². The third-order valence-corrected chi connectivity index (χ3v) is 13.4. The van der Waals surface area contributed by atoms with Crippen LogP contribution in [-0.2, 0) is 5.41 Å². The van der Waals surface area contributed by atoms with E-state index in [1.54, 1.807) is 0 Å². The summed E-state index contributed by atoms with van der Waals surface area (Å²) in [7, 11) is 0. The molecule has 0 saturated heterocycles. The molecule has 11 aromatic rings. The number of fused-ring (bicyclic) bond motifs is 10. The molecule has 65 heavy (non-hydrogen) atoms. The smallest absolute Gasteiger partial charge is 0.252 e. The lowest BCUT2D eigenvalue weighted by Crippen LogP contribution is -2.61. The Hall–Kier alpha value is -7.18. The fourth-order valence-electron chi connectivity index (χ4n) is 10.1. The molecule has 0 bridgehead atoms. The van der Waals surface area contributed by atoms with Gasteiger partial charge in [0.25, 0.3) is 6.71 Å². The Morgan fingerprint density at radius 3 is 1.37 bits per heavy atom. The van der Waals surface area contributed by atoms with Crippen molar-refractivity contribution in [2.75, 3.05) is 9.80 Å². The number of benzene rings is 9. The number of anilines is 6. The first-order valence-electron chi connectivity index (χ1n) is 24.6. The van der Waals surface area contributed by atoms with E-state index in [0.29, 0.717) is 50.5 Å². The highest BCUT2D eigenvalue weighted by molar-refractivity contribution is 7.00. The second kappa shape index (κ2) is 14.2. The molecule has 0 spiro atoms. The SMILES string of the molecule is [2H]c1c([2H])c2c(c([2H])c1Cl)N(c1c(-c3ccccc3)ccc3c1oc1ccccc13)c1cc(C(C)(C)C)cc3c1B2c1c([2H])c([2H])c(Cl)c([2H])c1N3c1c(-c2ccccc2)ccc2c1oc1ccccc12. The second-order valence-electron chi connectivity index (χ2n) is 17.8. The van der Waals surface area contributed by atoms with E-state index < -0.39 is 12.1 Å². The van der Waals surface area contributed by atoms with E-state index in [-0.39, 0.29) is 68.6 Å². The van der Waals surface area contributed by atoms with Crippen LogP contribution in [0.5, 0.6) is 0 Å². The van der Waals surface area contributed by atoms with E-state index in [1.165, 1.54) is 0 Å². The van der Waals surface area contributed by atoms with Crippen molar-refractivity contribution >= 4 is 124 Å². The number of nitrogens with zero attached hydrogens (tertiary/aromatic N) is 2. The molecular weight excluding hydrogens is 838 g/mol. The van der Waals surface area contributed by atoms with E-state index in [1.807, 2.05) is 119 Å². The molecule has 2 aromatic heterocycles. The zero-order valence-corrected chi connectivity index (χ0v) is 36.9. The molecule has 0 amide bonds. The van der Waals surface area contributed by atoms with Crippen LogP contribution in [-0.4, -0.2) is 6.71 Å². The molecule has 13 rings (SSSR count). The summed E-state index contributed by atoms with van der Waals surface area (Å²) in [5.41, 5.74) is 9.99. The lowest BCUT2D eigenvalue weighted by molar-refractivity contribution is 0.590. The van der Waals surface area contributed by atoms with Gasteiger partial charge in [0, 0.05) is 65.5 Å². The van der Waals surface area contributed by atoms with Crippen molar-refractivity contribution in [3.63, 3.8) is 0 Å². The fraction of sp³-hybridized carbons (Fsp3) is 0.0690. The highest BCUT2D eigenvalue weighted by atomic mass is 35.5. The molecule has 0 unspecified atom stereocenters. The molecule has 310 valence electrons. The number of furan rings is 2. The molecule has 0 aliphatic carbocycles. The van der Waals surface area contributed by atoms with Crippen LogP contribution in [0.3, 0.4) is 0 Å². The molecule has 2 aliphatic heterocycles.